The molecule has 2 aromatic carbocycles. The van der Waals surface area contributed by atoms with Crippen LogP contribution in [0.3, 0.4) is 0 Å². The summed E-state index contributed by atoms with van der Waals surface area (Å²) in [5, 5.41) is 11.0. The Labute approximate surface area is 127 Å². The Morgan fingerprint density at radius 3 is 2.32 bits per heavy atom. The molecule has 0 fully saturated rings. The van der Waals surface area contributed by atoms with Crippen LogP contribution in [0.5, 0.6) is 0 Å². The molecule has 0 bridgehead atoms. The van der Waals surface area contributed by atoms with Gasteiger partial charge in [-0.2, -0.15) is 0 Å². The maximum Gasteiger partial charge on any atom is 0.133 e. The van der Waals surface area contributed by atoms with E-state index in [4.69, 9.17) is 0 Å². The van der Waals surface area contributed by atoms with Crippen molar-refractivity contribution in [1.29, 1.82) is 0 Å². The minimum absolute atomic E-state index is 0.242. The second-order valence-corrected chi connectivity index (χ2v) is 5.67. The lowest BCUT2D eigenvalue weighted by Crippen LogP contribution is -2.23. The van der Waals surface area contributed by atoms with Crippen LogP contribution >= 0.6 is 0 Å². The highest BCUT2D eigenvalue weighted by Gasteiger charge is 2.39. The van der Waals surface area contributed by atoms with Gasteiger partial charge >= 0.3 is 0 Å². The standard InChI is InChI=1S/C18H15FN2O/c19-16-7-3-14(4-8-16)13-1-5-15(6-2-13)18(22)9-10-21-12-20-11-17(18)21/h1-8,11-12,22H,9-10H2. The quantitative estimate of drug-likeness (QED) is 0.787. The normalized spacial score (nSPS) is 20.1. The number of aryl methyl sites for hydroxylation is 1. The van der Waals surface area contributed by atoms with E-state index >= 15 is 0 Å². The zero-order valence-electron chi connectivity index (χ0n) is 11.9. The first-order valence-corrected chi connectivity index (χ1v) is 7.26. The van der Waals surface area contributed by atoms with Crippen LogP contribution in [-0.4, -0.2) is 14.7 Å². The van der Waals surface area contributed by atoms with Crippen LogP contribution in [-0.2, 0) is 12.1 Å². The monoisotopic (exact) mass is 294 g/mol. The summed E-state index contributed by atoms with van der Waals surface area (Å²) in [6.07, 6.45) is 4.13. The third kappa shape index (κ3) is 1.96. The van der Waals surface area contributed by atoms with Crippen molar-refractivity contribution >= 4 is 0 Å². The van der Waals surface area contributed by atoms with Crippen molar-refractivity contribution in [2.45, 2.75) is 18.6 Å². The van der Waals surface area contributed by atoms with Gasteiger partial charge in [0.1, 0.15) is 11.4 Å². The Morgan fingerprint density at radius 2 is 1.64 bits per heavy atom. The zero-order chi connectivity index (χ0) is 15.2. The fraction of sp³-hybridized carbons (Fsp3) is 0.167. The summed E-state index contributed by atoms with van der Waals surface area (Å²) in [6, 6.07) is 14.2. The Balaban J connectivity index is 1.70. The van der Waals surface area contributed by atoms with Crippen LogP contribution in [0, 0.1) is 5.82 Å². The summed E-state index contributed by atoms with van der Waals surface area (Å²) in [6.45, 7) is 0.769. The molecule has 1 N–H and O–H groups in total. The minimum atomic E-state index is -0.974. The smallest absolute Gasteiger partial charge is 0.133 e. The maximum absolute atomic E-state index is 13.0. The van der Waals surface area contributed by atoms with Gasteiger partial charge in [0.05, 0.1) is 18.2 Å². The Kier molecular flexibility index (Phi) is 2.87. The second-order valence-electron chi connectivity index (χ2n) is 5.67. The minimum Gasteiger partial charge on any atom is -0.379 e. The van der Waals surface area contributed by atoms with Crippen LogP contribution in [0.4, 0.5) is 4.39 Å². The summed E-state index contributed by atoms with van der Waals surface area (Å²) in [5.41, 5.74) is 2.67. The van der Waals surface area contributed by atoms with E-state index in [1.165, 1.54) is 12.1 Å². The second kappa shape index (κ2) is 4.78. The molecular formula is C18H15FN2O. The van der Waals surface area contributed by atoms with E-state index < -0.39 is 5.60 Å². The average molecular weight is 294 g/mol. The third-order valence-corrected chi connectivity index (χ3v) is 4.39. The maximum atomic E-state index is 13.0. The highest BCUT2D eigenvalue weighted by molar-refractivity contribution is 5.64. The average Bonchev–Trinajstić information content (AvgIpc) is 3.13. The first-order valence-electron chi connectivity index (χ1n) is 7.26. The lowest BCUT2D eigenvalue weighted by molar-refractivity contribution is 0.0825. The molecule has 3 nitrogen and oxygen atoms in total. The molecule has 0 saturated carbocycles. The van der Waals surface area contributed by atoms with Gasteiger partial charge in [0.25, 0.3) is 0 Å². The van der Waals surface area contributed by atoms with Crippen molar-refractivity contribution in [3.63, 3.8) is 0 Å². The van der Waals surface area contributed by atoms with Gasteiger partial charge in [-0.25, -0.2) is 9.37 Å². The lowest BCUT2D eigenvalue weighted by atomic mass is 9.89. The van der Waals surface area contributed by atoms with E-state index in [1.807, 2.05) is 28.8 Å². The van der Waals surface area contributed by atoms with Gasteiger partial charge in [-0.05, 0) is 28.8 Å². The number of hydrogen-bond donors (Lipinski definition) is 1. The van der Waals surface area contributed by atoms with E-state index in [0.717, 1.165) is 28.9 Å². The summed E-state index contributed by atoms with van der Waals surface area (Å²) in [4.78, 5) is 4.11. The van der Waals surface area contributed by atoms with Gasteiger partial charge in [0.15, 0.2) is 0 Å². The van der Waals surface area contributed by atoms with Crippen LogP contribution in [0.25, 0.3) is 11.1 Å². The van der Waals surface area contributed by atoms with E-state index in [2.05, 4.69) is 4.98 Å². The first kappa shape index (κ1) is 13.2. The number of hydrogen-bond acceptors (Lipinski definition) is 2. The van der Waals surface area contributed by atoms with E-state index in [9.17, 15) is 9.50 Å². The Hall–Kier alpha value is -2.46. The molecule has 0 radical (unpaired) electrons. The van der Waals surface area contributed by atoms with Gasteiger partial charge in [-0.1, -0.05) is 36.4 Å². The van der Waals surface area contributed by atoms with E-state index in [0.29, 0.717) is 6.42 Å². The lowest BCUT2D eigenvalue weighted by Gasteiger charge is -2.22. The molecule has 1 atom stereocenters. The number of aliphatic hydroxyl groups is 1. The molecular weight excluding hydrogens is 279 g/mol. The molecule has 0 aliphatic carbocycles. The molecule has 1 aliphatic rings. The highest BCUT2D eigenvalue weighted by atomic mass is 19.1. The van der Waals surface area contributed by atoms with Crippen molar-refractivity contribution in [1.82, 2.24) is 9.55 Å². The fourth-order valence-corrected chi connectivity index (χ4v) is 3.13. The van der Waals surface area contributed by atoms with Crippen molar-refractivity contribution in [2.75, 3.05) is 0 Å². The SMILES string of the molecule is OC1(c2ccc(-c3ccc(F)cc3)cc2)CCn2cncc21. The number of imidazole rings is 1. The van der Waals surface area contributed by atoms with E-state index in [-0.39, 0.29) is 5.82 Å². The predicted molar refractivity (Wildman–Crippen MR) is 81.7 cm³/mol. The highest BCUT2D eigenvalue weighted by Crippen LogP contribution is 2.38. The van der Waals surface area contributed by atoms with Crippen LogP contribution in [0.1, 0.15) is 17.7 Å². The van der Waals surface area contributed by atoms with Crippen LogP contribution < -0.4 is 0 Å². The van der Waals surface area contributed by atoms with Gasteiger partial charge in [-0.3, -0.25) is 0 Å². The number of fused-ring (bicyclic) bond motifs is 1. The molecule has 1 aliphatic heterocycles. The zero-order valence-corrected chi connectivity index (χ0v) is 11.9. The predicted octanol–water partition coefficient (Wildman–Crippen LogP) is 3.33. The summed E-state index contributed by atoms with van der Waals surface area (Å²) < 4.78 is 15.0. The molecule has 4 heteroatoms. The van der Waals surface area contributed by atoms with Gasteiger partial charge in [0.2, 0.25) is 0 Å². The number of nitrogens with zero attached hydrogens (tertiary/aromatic N) is 2. The van der Waals surface area contributed by atoms with Gasteiger partial charge < -0.3 is 9.67 Å². The summed E-state index contributed by atoms with van der Waals surface area (Å²) in [5.74, 6) is -0.242. The number of benzene rings is 2. The molecule has 22 heavy (non-hydrogen) atoms. The van der Waals surface area contributed by atoms with Crippen molar-refractivity contribution in [2.24, 2.45) is 0 Å². The Morgan fingerprint density at radius 1 is 1.00 bits per heavy atom. The third-order valence-electron chi connectivity index (χ3n) is 4.39. The number of rotatable bonds is 2. The molecule has 0 amide bonds. The molecule has 4 rings (SSSR count). The molecule has 0 saturated heterocycles. The molecule has 110 valence electrons. The van der Waals surface area contributed by atoms with Gasteiger partial charge in [-0.15, -0.1) is 0 Å². The summed E-state index contributed by atoms with van der Waals surface area (Å²) in [7, 11) is 0. The summed E-state index contributed by atoms with van der Waals surface area (Å²) >= 11 is 0. The van der Waals surface area contributed by atoms with Crippen LogP contribution in [0.15, 0.2) is 61.1 Å². The number of aromatic nitrogens is 2. The van der Waals surface area contributed by atoms with Crippen molar-refractivity contribution in [3.05, 3.63) is 78.1 Å². The molecule has 1 aromatic heterocycles. The van der Waals surface area contributed by atoms with Crippen LogP contribution in [0.2, 0.25) is 0 Å². The molecule has 1 unspecified atom stereocenters. The molecule has 0 spiro atoms. The van der Waals surface area contributed by atoms with Gasteiger partial charge in [0, 0.05) is 13.0 Å². The van der Waals surface area contributed by atoms with Crippen molar-refractivity contribution < 1.29 is 9.50 Å². The number of halogens is 1. The Bertz CT molecular complexity index is 808. The largest absolute Gasteiger partial charge is 0.379 e. The topological polar surface area (TPSA) is 38.0 Å². The fourth-order valence-electron chi connectivity index (χ4n) is 3.13. The van der Waals surface area contributed by atoms with E-state index in [1.54, 1.807) is 24.7 Å². The van der Waals surface area contributed by atoms with Crippen molar-refractivity contribution in [3.8, 4) is 11.1 Å². The molecule has 3 aromatic rings. The molecule has 2 heterocycles. The first-order chi connectivity index (χ1) is 10.7.